The molecule has 0 radical (unpaired) electrons. The lowest BCUT2D eigenvalue weighted by Gasteiger charge is -2.23. The number of ether oxygens (including phenoxy) is 1. The maximum absolute atomic E-state index is 5.67. The van der Waals surface area contributed by atoms with Gasteiger partial charge in [-0.3, -0.25) is 0 Å². The highest BCUT2D eigenvalue weighted by Crippen LogP contribution is 2.26. The van der Waals surface area contributed by atoms with E-state index in [0.29, 0.717) is 12.1 Å². The Bertz CT molecular complexity index is 201. The summed E-state index contributed by atoms with van der Waals surface area (Å²) in [7, 11) is 0. The minimum atomic E-state index is 0.560. The van der Waals surface area contributed by atoms with Crippen LogP contribution < -0.4 is 5.32 Å². The molecule has 4 atom stereocenters. The summed E-state index contributed by atoms with van der Waals surface area (Å²) in [5.41, 5.74) is 0. The van der Waals surface area contributed by atoms with Crippen molar-refractivity contribution in [3.63, 3.8) is 0 Å². The Kier molecular flexibility index (Phi) is 4.66. The van der Waals surface area contributed by atoms with Crippen LogP contribution in [0.5, 0.6) is 0 Å². The van der Waals surface area contributed by atoms with Crippen LogP contribution in [0.4, 0.5) is 0 Å². The van der Waals surface area contributed by atoms with Crippen LogP contribution >= 0.6 is 0 Å². The number of hydrogen-bond acceptors (Lipinski definition) is 2. The minimum Gasteiger partial charge on any atom is -0.378 e. The third kappa shape index (κ3) is 3.46. The number of rotatable bonds is 5. The minimum absolute atomic E-state index is 0.560. The van der Waals surface area contributed by atoms with E-state index in [2.05, 4.69) is 19.2 Å². The molecule has 1 aliphatic carbocycles. The highest BCUT2D eigenvalue weighted by Gasteiger charge is 2.24. The SMILES string of the molecule is CC(CCC1CCCO1)NC1CCCC1C. The molecule has 2 rings (SSSR count). The Hall–Kier alpha value is -0.0800. The van der Waals surface area contributed by atoms with Gasteiger partial charge >= 0.3 is 0 Å². The first-order valence-electron chi connectivity index (χ1n) is 7.13. The van der Waals surface area contributed by atoms with Crippen LogP contribution in [-0.2, 0) is 4.74 Å². The van der Waals surface area contributed by atoms with Crippen LogP contribution in [0, 0.1) is 5.92 Å². The molecule has 1 heterocycles. The average Bonchev–Trinajstić information content (AvgIpc) is 2.88. The monoisotopic (exact) mass is 225 g/mol. The van der Waals surface area contributed by atoms with Crippen LogP contribution in [0.25, 0.3) is 0 Å². The summed E-state index contributed by atoms with van der Waals surface area (Å²) < 4.78 is 5.67. The standard InChI is InChI=1S/C14H27NO/c1-11-5-3-7-14(11)15-12(2)8-9-13-6-4-10-16-13/h11-15H,3-10H2,1-2H3. The predicted octanol–water partition coefficient (Wildman–Crippen LogP) is 3.11. The molecule has 1 N–H and O–H groups in total. The van der Waals surface area contributed by atoms with Gasteiger partial charge in [0.05, 0.1) is 6.10 Å². The van der Waals surface area contributed by atoms with Gasteiger partial charge in [0.25, 0.3) is 0 Å². The lowest BCUT2D eigenvalue weighted by atomic mass is 10.0. The van der Waals surface area contributed by atoms with Crippen LogP contribution in [0.3, 0.4) is 0 Å². The normalized spacial score (nSPS) is 36.8. The van der Waals surface area contributed by atoms with Gasteiger partial charge in [-0.1, -0.05) is 13.3 Å². The quantitative estimate of drug-likeness (QED) is 0.776. The van der Waals surface area contributed by atoms with Crippen molar-refractivity contribution in [1.82, 2.24) is 5.32 Å². The van der Waals surface area contributed by atoms with Crippen molar-refractivity contribution < 1.29 is 4.74 Å². The van der Waals surface area contributed by atoms with Gasteiger partial charge in [-0.2, -0.15) is 0 Å². The summed E-state index contributed by atoms with van der Waals surface area (Å²) in [4.78, 5) is 0. The lowest BCUT2D eigenvalue weighted by molar-refractivity contribution is 0.0995. The molecule has 0 bridgehead atoms. The highest BCUT2D eigenvalue weighted by molar-refractivity contribution is 4.82. The van der Waals surface area contributed by atoms with Gasteiger partial charge in [0, 0.05) is 18.7 Å². The summed E-state index contributed by atoms with van der Waals surface area (Å²) in [6.07, 6.45) is 9.84. The maximum atomic E-state index is 5.67. The Morgan fingerprint density at radius 2 is 2.12 bits per heavy atom. The summed E-state index contributed by atoms with van der Waals surface area (Å²) in [5, 5.41) is 3.80. The highest BCUT2D eigenvalue weighted by atomic mass is 16.5. The second-order valence-corrected chi connectivity index (χ2v) is 5.79. The van der Waals surface area contributed by atoms with Crippen molar-refractivity contribution in [2.75, 3.05) is 6.61 Å². The smallest absolute Gasteiger partial charge is 0.0576 e. The van der Waals surface area contributed by atoms with Gasteiger partial charge in [0.15, 0.2) is 0 Å². The van der Waals surface area contributed by atoms with E-state index in [4.69, 9.17) is 4.74 Å². The molecule has 1 saturated heterocycles. The third-order valence-corrected chi connectivity index (χ3v) is 4.31. The van der Waals surface area contributed by atoms with E-state index < -0.39 is 0 Å². The van der Waals surface area contributed by atoms with E-state index in [0.717, 1.165) is 18.6 Å². The second kappa shape index (κ2) is 6.02. The fraction of sp³-hybridized carbons (Fsp3) is 1.00. The molecule has 1 saturated carbocycles. The molecule has 2 heteroatoms. The zero-order chi connectivity index (χ0) is 11.4. The van der Waals surface area contributed by atoms with E-state index in [1.807, 2.05) is 0 Å². The Balaban J connectivity index is 1.61. The van der Waals surface area contributed by atoms with E-state index in [9.17, 15) is 0 Å². The molecule has 2 aliphatic rings. The van der Waals surface area contributed by atoms with Gasteiger partial charge in [0.2, 0.25) is 0 Å². The van der Waals surface area contributed by atoms with Crippen molar-refractivity contribution in [2.24, 2.45) is 5.92 Å². The van der Waals surface area contributed by atoms with Gasteiger partial charge in [-0.15, -0.1) is 0 Å². The third-order valence-electron chi connectivity index (χ3n) is 4.31. The van der Waals surface area contributed by atoms with Crippen molar-refractivity contribution in [3.8, 4) is 0 Å². The van der Waals surface area contributed by atoms with Gasteiger partial charge in [-0.25, -0.2) is 0 Å². The molecule has 2 nitrogen and oxygen atoms in total. The van der Waals surface area contributed by atoms with E-state index in [1.54, 1.807) is 0 Å². The van der Waals surface area contributed by atoms with E-state index >= 15 is 0 Å². The molecule has 0 amide bonds. The van der Waals surface area contributed by atoms with Crippen molar-refractivity contribution in [3.05, 3.63) is 0 Å². The van der Waals surface area contributed by atoms with Crippen molar-refractivity contribution in [2.45, 2.75) is 77.0 Å². The molecular formula is C14H27NO. The maximum Gasteiger partial charge on any atom is 0.0576 e. The van der Waals surface area contributed by atoms with Gasteiger partial charge in [0.1, 0.15) is 0 Å². The van der Waals surface area contributed by atoms with Crippen LogP contribution in [0.15, 0.2) is 0 Å². The Labute approximate surface area is 100 Å². The first kappa shape index (κ1) is 12.4. The zero-order valence-electron chi connectivity index (χ0n) is 10.9. The van der Waals surface area contributed by atoms with Crippen LogP contribution in [0.1, 0.15) is 58.8 Å². The molecule has 0 aromatic heterocycles. The molecule has 94 valence electrons. The van der Waals surface area contributed by atoms with Crippen molar-refractivity contribution >= 4 is 0 Å². The fourth-order valence-electron chi connectivity index (χ4n) is 3.15. The van der Waals surface area contributed by atoms with E-state index in [1.165, 1.54) is 44.9 Å². The van der Waals surface area contributed by atoms with Crippen LogP contribution in [-0.4, -0.2) is 24.8 Å². The molecule has 0 spiro atoms. The topological polar surface area (TPSA) is 21.3 Å². The average molecular weight is 225 g/mol. The lowest BCUT2D eigenvalue weighted by Crippen LogP contribution is -2.38. The van der Waals surface area contributed by atoms with Gasteiger partial charge < -0.3 is 10.1 Å². The fourth-order valence-corrected chi connectivity index (χ4v) is 3.15. The summed E-state index contributed by atoms with van der Waals surface area (Å²) in [5.74, 6) is 0.880. The Morgan fingerprint density at radius 3 is 2.75 bits per heavy atom. The predicted molar refractivity (Wildman–Crippen MR) is 67.6 cm³/mol. The molecule has 0 aromatic carbocycles. The number of nitrogens with one attached hydrogen (secondary N) is 1. The summed E-state index contributed by atoms with van der Waals surface area (Å²) >= 11 is 0. The first-order valence-corrected chi connectivity index (χ1v) is 7.13. The molecular weight excluding hydrogens is 198 g/mol. The van der Waals surface area contributed by atoms with Crippen LogP contribution in [0.2, 0.25) is 0 Å². The van der Waals surface area contributed by atoms with Crippen molar-refractivity contribution in [1.29, 1.82) is 0 Å². The summed E-state index contributed by atoms with van der Waals surface area (Å²) in [6.45, 7) is 5.71. The molecule has 16 heavy (non-hydrogen) atoms. The zero-order valence-corrected chi connectivity index (χ0v) is 10.9. The van der Waals surface area contributed by atoms with Gasteiger partial charge in [-0.05, 0) is 51.4 Å². The molecule has 4 unspecified atom stereocenters. The summed E-state index contributed by atoms with van der Waals surface area (Å²) in [6, 6.07) is 1.44. The molecule has 1 aliphatic heterocycles. The van der Waals surface area contributed by atoms with E-state index in [-0.39, 0.29) is 0 Å². The molecule has 0 aromatic rings. The Morgan fingerprint density at radius 1 is 1.25 bits per heavy atom. The largest absolute Gasteiger partial charge is 0.378 e. The number of hydrogen-bond donors (Lipinski definition) is 1. The first-order chi connectivity index (χ1) is 7.75. The molecule has 2 fully saturated rings. The second-order valence-electron chi connectivity index (χ2n) is 5.79.